The highest BCUT2D eigenvalue weighted by Gasteiger charge is 2.42. The number of hydrogen-bond acceptors (Lipinski definition) is 3. The third-order valence-corrected chi connectivity index (χ3v) is 7.20. The number of hydrogen-bond donors (Lipinski definition) is 1. The molecule has 0 aliphatic rings. The lowest BCUT2D eigenvalue weighted by Crippen LogP contribution is -2.34. The Morgan fingerprint density at radius 2 is 1.62 bits per heavy atom. The van der Waals surface area contributed by atoms with Crippen LogP contribution in [-0.2, 0) is 5.60 Å². The molecule has 0 fully saturated rings. The molecule has 2 unspecified atom stereocenters. The lowest BCUT2D eigenvalue weighted by Gasteiger charge is -2.38. The van der Waals surface area contributed by atoms with E-state index in [1.54, 1.807) is 25.4 Å². The first-order chi connectivity index (χ1) is 16.4. The smallest absolute Gasteiger partial charge is 0.217 e. The van der Waals surface area contributed by atoms with Gasteiger partial charge in [0.15, 0.2) is 0 Å². The van der Waals surface area contributed by atoms with Crippen molar-refractivity contribution in [3.8, 4) is 17.0 Å². The van der Waals surface area contributed by atoms with E-state index in [9.17, 15) is 5.11 Å². The van der Waals surface area contributed by atoms with Gasteiger partial charge in [0.05, 0.1) is 17.2 Å². The molecule has 1 heterocycles. The van der Waals surface area contributed by atoms with E-state index < -0.39 is 11.5 Å². The second-order valence-electron chi connectivity index (χ2n) is 8.05. The number of ether oxygens (including phenoxy) is 1. The number of rotatable bonds is 7. The molecule has 0 aliphatic heterocycles. The molecule has 0 saturated carbocycles. The van der Waals surface area contributed by atoms with Gasteiger partial charge in [0.1, 0.15) is 5.60 Å². The second-order valence-corrected chi connectivity index (χ2v) is 9.27. The Balaban J connectivity index is 1.99. The Hall–Kier alpha value is -2.56. The molecular weight excluding hydrogens is 489 g/mol. The number of nitrogens with zero attached hydrogens (tertiary/aromatic N) is 1. The largest absolute Gasteiger partial charge is 0.481 e. The van der Waals surface area contributed by atoms with E-state index in [0.29, 0.717) is 32.9 Å². The lowest BCUT2D eigenvalue weighted by atomic mass is 9.72. The van der Waals surface area contributed by atoms with Crippen LogP contribution in [0.4, 0.5) is 0 Å². The summed E-state index contributed by atoms with van der Waals surface area (Å²) in [6.45, 7) is 1.93. The highest BCUT2D eigenvalue weighted by molar-refractivity contribution is 6.42. The maximum Gasteiger partial charge on any atom is 0.217 e. The first-order valence-electron chi connectivity index (χ1n) is 10.9. The summed E-state index contributed by atoms with van der Waals surface area (Å²) in [6, 6.07) is 24.7. The van der Waals surface area contributed by atoms with Crippen LogP contribution in [0.2, 0.25) is 15.1 Å². The van der Waals surface area contributed by atoms with Crippen LogP contribution in [0, 0.1) is 0 Å². The van der Waals surface area contributed by atoms with Gasteiger partial charge in [0.25, 0.3) is 0 Å². The average molecular weight is 513 g/mol. The molecule has 0 saturated heterocycles. The zero-order valence-electron chi connectivity index (χ0n) is 18.8. The Labute approximate surface area is 214 Å². The van der Waals surface area contributed by atoms with Crippen LogP contribution < -0.4 is 4.74 Å². The van der Waals surface area contributed by atoms with Gasteiger partial charge in [-0.1, -0.05) is 96.3 Å². The predicted molar refractivity (Wildman–Crippen MR) is 140 cm³/mol. The quantitative estimate of drug-likeness (QED) is 0.272. The highest BCUT2D eigenvalue weighted by Crippen LogP contribution is 2.49. The van der Waals surface area contributed by atoms with Gasteiger partial charge in [-0.25, -0.2) is 4.98 Å². The van der Waals surface area contributed by atoms with Crippen molar-refractivity contribution in [3.63, 3.8) is 0 Å². The molecule has 3 aromatic carbocycles. The van der Waals surface area contributed by atoms with Crippen molar-refractivity contribution >= 4 is 34.8 Å². The Bertz CT molecular complexity index is 1280. The molecule has 0 spiro atoms. The average Bonchev–Trinajstić information content (AvgIpc) is 2.86. The van der Waals surface area contributed by atoms with Crippen molar-refractivity contribution in [2.24, 2.45) is 0 Å². The molecule has 0 aliphatic carbocycles. The summed E-state index contributed by atoms with van der Waals surface area (Å²) in [7, 11) is 1.58. The van der Waals surface area contributed by atoms with E-state index in [4.69, 9.17) is 39.5 Å². The number of methoxy groups -OCH3 is 1. The number of aromatic nitrogens is 1. The molecule has 6 heteroatoms. The van der Waals surface area contributed by atoms with Crippen LogP contribution >= 0.6 is 34.8 Å². The van der Waals surface area contributed by atoms with Crippen molar-refractivity contribution < 1.29 is 9.84 Å². The molecule has 0 amide bonds. The molecule has 3 nitrogen and oxygen atoms in total. The fourth-order valence-electron chi connectivity index (χ4n) is 4.39. The topological polar surface area (TPSA) is 42.4 Å². The van der Waals surface area contributed by atoms with E-state index in [0.717, 1.165) is 22.3 Å². The van der Waals surface area contributed by atoms with Crippen molar-refractivity contribution in [2.75, 3.05) is 7.11 Å². The second kappa shape index (κ2) is 10.4. The van der Waals surface area contributed by atoms with Gasteiger partial charge in [0, 0.05) is 33.8 Å². The summed E-state index contributed by atoms with van der Waals surface area (Å²) in [6.07, 6.45) is 2.13. The molecule has 2 atom stereocenters. The van der Waals surface area contributed by atoms with Gasteiger partial charge in [-0.05, 0) is 41.8 Å². The van der Waals surface area contributed by atoms with Gasteiger partial charge < -0.3 is 9.84 Å². The minimum atomic E-state index is -1.39. The summed E-state index contributed by atoms with van der Waals surface area (Å²) in [5, 5.41) is 13.7. The van der Waals surface area contributed by atoms with E-state index in [-0.39, 0.29) is 0 Å². The normalized spacial score (nSPS) is 13.8. The third kappa shape index (κ3) is 4.67. The van der Waals surface area contributed by atoms with E-state index >= 15 is 0 Å². The van der Waals surface area contributed by atoms with Crippen LogP contribution in [0.15, 0.2) is 85.1 Å². The number of pyridine rings is 1. The zero-order chi connectivity index (χ0) is 24.3. The fourth-order valence-corrected chi connectivity index (χ4v) is 4.98. The molecular formula is C28H24Cl3NO2. The van der Waals surface area contributed by atoms with Crippen molar-refractivity contribution in [1.29, 1.82) is 0 Å². The predicted octanol–water partition coefficient (Wildman–Crippen LogP) is 8.15. The maximum atomic E-state index is 12.3. The van der Waals surface area contributed by atoms with Crippen LogP contribution in [0.3, 0.4) is 0 Å². The lowest BCUT2D eigenvalue weighted by molar-refractivity contribution is 0.0144. The Morgan fingerprint density at radius 3 is 2.26 bits per heavy atom. The molecule has 4 rings (SSSR count). The summed E-state index contributed by atoms with van der Waals surface area (Å²) in [5.41, 5.74) is 2.63. The van der Waals surface area contributed by atoms with Gasteiger partial charge in [-0.15, -0.1) is 0 Å². The Morgan fingerprint density at radius 1 is 0.912 bits per heavy atom. The third-order valence-electron chi connectivity index (χ3n) is 6.13. The zero-order valence-corrected chi connectivity index (χ0v) is 21.1. The SMILES string of the molecule is CCC(O)(c1cccc(Cl)c1Cl)C(c1ccccc1)c1cc(-c2ccc(Cl)cc2)cnc1OC. The van der Waals surface area contributed by atoms with E-state index in [1.807, 2.05) is 73.7 Å². The summed E-state index contributed by atoms with van der Waals surface area (Å²) < 4.78 is 5.68. The Kier molecular flexibility index (Phi) is 7.49. The van der Waals surface area contributed by atoms with Gasteiger partial charge in [-0.2, -0.15) is 0 Å². The van der Waals surface area contributed by atoms with Gasteiger partial charge >= 0.3 is 0 Å². The van der Waals surface area contributed by atoms with Crippen molar-refractivity contribution in [3.05, 3.63) is 117 Å². The van der Waals surface area contributed by atoms with Crippen LogP contribution in [0.25, 0.3) is 11.1 Å². The number of halogens is 3. The minimum absolute atomic E-state index is 0.329. The molecule has 34 heavy (non-hydrogen) atoms. The molecule has 174 valence electrons. The fraction of sp³-hybridized carbons (Fsp3) is 0.179. The summed E-state index contributed by atoms with van der Waals surface area (Å²) >= 11 is 19.1. The van der Waals surface area contributed by atoms with Crippen LogP contribution in [0.1, 0.15) is 36.0 Å². The molecule has 4 aromatic rings. The molecule has 0 bridgehead atoms. The highest BCUT2D eigenvalue weighted by atomic mass is 35.5. The number of benzene rings is 3. The number of aliphatic hydroxyl groups is 1. The minimum Gasteiger partial charge on any atom is -0.481 e. The summed E-state index contributed by atoms with van der Waals surface area (Å²) in [4.78, 5) is 4.60. The van der Waals surface area contributed by atoms with Crippen molar-refractivity contribution in [2.45, 2.75) is 24.9 Å². The summed E-state index contributed by atoms with van der Waals surface area (Å²) in [5.74, 6) is -0.110. The standard InChI is InChI=1S/C28H24Cl3NO2/c1-3-28(33,23-10-7-11-24(30)26(23)31)25(19-8-5-4-6-9-19)22-16-20(17-32-27(22)34-2)18-12-14-21(29)15-13-18/h4-17,25,33H,3H2,1-2H3. The molecule has 1 N–H and O–H groups in total. The monoisotopic (exact) mass is 511 g/mol. The van der Waals surface area contributed by atoms with Crippen LogP contribution in [0.5, 0.6) is 5.88 Å². The van der Waals surface area contributed by atoms with E-state index in [1.165, 1.54) is 0 Å². The first-order valence-corrected chi connectivity index (χ1v) is 12.0. The van der Waals surface area contributed by atoms with Gasteiger partial charge in [-0.3, -0.25) is 0 Å². The van der Waals surface area contributed by atoms with Crippen molar-refractivity contribution in [1.82, 2.24) is 4.98 Å². The van der Waals surface area contributed by atoms with Crippen LogP contribution in [-0.4, -0.2) is 17.2 Å². The first kappa shape index (κ1) is 24.6. The van der Waals surface area contributed by atoms with E-state index in [2.05, 4.69) is 4.98 Å². The maximum absolute atomic E-state index is 12.3. The van der Waals surface area contributed by atoms with Gasteiger partial charge in [0.2, 0.25) is 5.88 Å². The molecule has 1 aromatic heterocycles. The molecule has 0 radical (unpaired) electrons.